The van der Waals surface area contributed by atoms with Crippen molar-refractivity contribution in [2.45, 2.75) is 19.9 Å². The van der Waals surface area contributed by atoms with Crippen LogP contribution in [0.1, 0.15) is 25.5 Å². The summed E-state index contributed by atoms with van der Waals surface area (Å²) in [4.78, 5) is 0. The minimum atomic E-state index is -0.334. The lowest BCUT2D eigenvalue weighted by atomic mass is 10.1. The fraction of sp³-hybridized carbons (Fsp3) is 0.333. The van der Waals surface area contributed by atoms with E-state index in [2.05, 4.69) is 11.8 Å². The molecule has 0 saturated heterocycles. The SMILES string of the molecule is CC#CCOc1cc(F)ccc1[C@H](C)N. The zero-order valence-corrected chi connectivity index (χ0v) is 8.88. The first-order valence-corrected chi connectivity index (χ1v) is 4.72. The van der Waals surface area contributed by atoms with Crippen molar-refractivity contribution in [2.24, 2.45) is 5.73 Å². The average Bonchev–Trinajstić information content (AvgIpc) is 2.18. The van der Waals surface area contributed by atoms with E-state index >= 15 is 0 Å². The molecule has 0 aliphatic carbocycles. The second-order valence-electron chi connectivity index (χ2n) is 3.19. The van der Waals surface area contributed by atoms with E-state index in [9.17, 15) is 4.39 Å². The fourth-order valence-corrected chi connectivity index (χ4v) is 1.20. The number of hydrogen-bond acceptors (Lipinski definition) is 2. The van der Waals surface area contributed by atoms with Crippen LogP contribution in [0, 0.1) is 17.7 Å². The molecule has 15 heavy (non-hydrogen) atoms. The third kappa shape index (κ3) is 3.26. The standard InChI is InChI=1S/C12H14FNO/c1-3-4-7-15-12-8-10(13)5-6-11(12)9(2)14/h5-6,8-9H,7,14H2,1-2H3/t9-/m0/s1. The topological polar surface area (TPSA) is 35.2 Å². The van der Waals surface area contributed by atoms with Gasteiger partial charge in [0.2, 0.25) is 0 Å². The molecule has 1 aromatic carbocycles. The average molecular weight is 207 g/mol. The highest BCUT2D eigenvalue weighted by atomic mass is 19.1. The van der Waals surface area contributed by atoms with Crippen LogP contribution in [0.3, 0.4) is 0 Å². The van der Waals surface area contributed by atoms with Crippen LogP contribution in [0.4, 0.5) is 4.39 Å². The van der Waals surface area contributed by atoms with Crippen LogP contribution in [0.15, 0.2) is 18.2 Å². The van der Waals surface area contributed by atoms with Crippen molar-refractivity contribution >= 4 is 0 Å². The Balaban J connectivity index is 2.90. The zero-order valence-electron chi connectivity index (χ0n) is 8.88. The van der Waals surface area contributed by atoms with Crippen molar-refractivity contribution in [1.82, 2.24) is 0 Å². The second kappa shape index (κ2) is 5.38. The minimum absolute atomic E-state index is 0.185. The summed E-state index contributed by atoms with van der Waals surface area (Å²) in [6.45, 7) is 3.80. The maximum atomic E-state index is 13.0. The summed E-state index contributed by atoms with van der Waals surface area (Å²) in [5.74, 6) is 5.58. The molecule has 0 saturated carbocycles. The Hall–Kier alpha value is -1.53. The monoisotopic (exact) mass is 207 g/mol. The van der Waals surface area contributed by atoms with E-state index in [0.29, 0.717) is 5.75 Å². The lowest BCUT2D eigenvalue weighted by molar-refractivity contribution is 0.361. The highest BCUT2D eigenvalue weighted by Crippen LogP contribution is 2.24. The largest absolute Gasteiger partial charge is 0.480 e. The van der Waals surface area contributed by atoms with Crippen LogP contribution in [0.25, 0.3) is 0 Å². The van der Waals surface area contributed by atoms with Crippen molar-refractivity contribution in [3.05, 3.63) is 29.6 Å². The van der Waals surface area contributed by atoms with Gasteiger partial charge in [-0.2, -0.15) is 0 Å². The summed E-state index contributed by atoms with van der Waals surface area (Å²) in [5.41, 5.74) is 6.52. The number of benzene rings is 1. The Bertz CT molecular complexity index is 390. The van der Waals surface area contributed by atoms with Gasteiger partial charge in [0.15, 0.2) is 0 Å². The minimum Gasteiger partial charge on any atom is -0.480 e. The van der Waals surface area contributed by atoms with Crippen molar-refractivity contribution in [3.63, 3.8) is 0 Å². The highest BCUT2D eigenvalue weighted by molar-refractivity contribution is 5.36. The predicted octanol–water partition coefficient (Wildman–Crippen LogP) is 2.25. The Morgan fingerprint density at radius 2 is 2.27 bits per heavy atom. The first kappa shape index (κ1) is 11.5. The van der Waals surface area contributed by atoms with Gasteiger partial charge in [-0.15, -0.1) is 5.92 Å². The van der Waals surface area contributed by atoms with Gasteiger partial charge in [0.1, 0.15) is 18.2 Å². The Kier molecular flexibility index (Phi) is 4.14. The van der Waals surface area contributed by atoms with E-state index in [-0.39, 0.29) is 18.5 Å². The molecule has 1 aromatic rings. The lowest BCUT2D eigenvalue weighted by Crippen LogP contribution is -2.08. The van der Waals surface area contributed by atoms with Crippen molar-refractivity contribution in [1.29, 1.82) is 0 Å². The molecule has 0 spiro atoms. The molecule has 0 radical (unpaired) electrons. The van der Waals surface area contributed by atoms with Gasteiger partial charge in [0.25, 0.3) is 0 Å². The zero-order chi connectivity index (χ0) is 11.3. The molecular weight excluding hydrogens is 193 g/mol. The van der Waals surface area contributed by atoms with Gasteiger partial charge < -0.3 is 10.5 Å². The normalized spacial score (nSPS) is 11.5. The smallest absolute Gasteiger partial charge is 0.149 e. The molecule has 1 rings (SSSR count). The van der Waals surface area contributed by atoms with Gasteiger partial charge in [-0.1, -0.05) is 12.0 Å². The van der Waals surface area contributed by atoms with E-state index < -0.39 is 0 Å². The Morgan fingerprint density at radius 3 is 2.87 bits per heavy atom. The van der Waals surface area contributed by atoms with Crippen molar-refractivity contribution < 1.29 is 9.13 Å². The number of rotatable bonds is 3. The van der Waals surface area contributed by atoms with Gasteiger partial charge in [-0.25, -0.2) is 4.39 Å². The van der Waals surface area contributed by atoms with Crippen LogP contribution in [-0.2, 0) is 0 Å². The number of halogens is 1. The van der Waals surface area contributed by atoms with Gasteiger partial charge in [0.05, 0.1) is 0 Å². The van der Waals surface area contributed by atoms with Crippen LogP contribution in [-0.4, -0.2) is 6.61 Å². The first-order chi connectivity index (χ1) is 7.15. The maximum absolute atomic E-state index is 13.0. The van der Waals surface area contributed by atoms with Crippen molar-refractivity contribution in [3.8, 4) is 17.6 Å². The quantitative estimate of drug-likeness (QED) is 0.771. The molecule has 3 heteroatoms. The molecule has 0 aliphatic heterocycles. The summed E-state index contributed by atoms with van der Waals surface area (Å²) in [5, 5.41) is 0. The molecule has 0 amide bonds. The van der Waals surface area contributed by atoms with E-state index in [1.165, 1.54) is 12.1 Å². The molecule has 0 unspecified atom stereocenters. The second-order valence-corrected chi connectivity index (χ2v) is 3.19. The maximum Gasteiger partial charge on any atom is 0.149 e. The van der Waals surface area contributed by atoms with E-state index in [1.54, 1.807) is 13.0 Å². The highest BCUT2D eigenvalue weighted by Gasteiger charge is 2.08. The third-order valence-corrected chi connectivity index (χ3v) is 1.94. The summed E-state index contributed by atoms with van der Waals surface area (Å²) in [6, 6.07) is 4.15. The Morgan fingerprint density at radius 1 is 1.53 bits per heavy atom. The predicted molar refractivity (Wildman–Crippen MR) is 57.9 cm³/mol. The Labute approximate surface area is 89.2 Å². The lowest BCUT2D eigenvalue weighted by Gasteiger charge is -2.12. The summed E-state index contributed by atoms with van der Waals surface area (Å²) >= 11 is 0. The van der Waals surface area contributed by atoms with Gasteiger partial charge in [-0.3, -0.25) is 0 Å². The van der Waals surface area contributed by atoms with Gasteiger partial charge in [0, 0.05) is 17.7 Å². The van der Waals surface area contributed by atoms with Crippen molar-refractivity contribution in [2.75, 3.05) is 6.61 Å². The molecule has 0 aromatic heterocycles. The summed E-state index contributed by atoms with van der Waals surface area (Å²) < 4.78 is 18.3. The molecule has 0 bridgehead atoms. The fourth-order valence-electron chi connectivity index (χ4n) is 1.20. The van der Waals surface area contributed by atoms with Crippen LogP contribution in [0.2, 0.25) is 0 Å². The van der Waals surface area contributed by atoms with Crippen LogP contribution in [0.5, 0.6) is 5.75 Å². The molecule has 0 fully saturated rings. The van der Waals surface area contributed by atoms with Gasteiger partial charge >= 0.3 is 0 Å². The molecule has 2 nitrogen and oxygen atoms in total. The summed E-state index contributed by atoms with van der Waals surface area (Å²) in [6.07, 6.45) is 0. The molecular formula is C12H14FNO. The molecule has 1 atom stereocenters. The number of hydrogen-bond donors (Lipinski definition) is 1. The molecule has 2 N–H and O–H groups in total. The summed E-state index contributed by atoms with van der Waals surface area (Å²) in [7, 11) is 0. The van der Waals surface area contributed by atoms with Gasteiger partial charge in [-0.05, 0) is 19.9 Å². The first-order valence-electron chi connectivity index (χ1n) is 4.72. The molecule has 0 aliphatic rings. The number of ether oxygens (including phenoxy) is 1. The third-order valence-electron chi connectivity index (χ3n) is 1.94. The number of nitrogens with two attached hydrogens (primary N) is 1. The molecule has 0 heterocycles. The van der Waals surface area contributed by atoms with Crippen LogP contribution >= 0.6 is 0 Å². The molecule has 80 valence electrons. The van der Waals surface area contributed by atoms with E-state index in [1.807, 2.05) is 6.92 Å². The van der Waals surface area contributed by atoms with E-state index in [4.69, 9.17) is 10.5 Å². The van der Waals surface area contributed by atoms with E-state index in [0.717, 1.165) is 5.56 Å². The van der Waals surface area contributed by atoms with Crippen LogP contribution < -0.4 is 10.5 Å².